The molecule has 6 heteroatoms. The molecular formula is C15H20N4OS. The van der Waals surface area contributed by atoms with Crippen LogP contribution < -0.4 is 0 Å². The van der Waals surface area contributed by atoms with Crippen LogP contribution in [0.3, 0.4) is 0 Å². The number of piperazine rings is 1. The number of aryl methyl sites for hydroxylation is 2. The van der Waals surface area contributed by atoms with E-state index in [0.29, 0.717) is 6.54 Å². The summed E-state index contributed by atoms with van der Waals surface area (Å²) < 4.78 is 2.03. The molecule has 2 aromatic heterocycles. The Morgan fingerprint density at radius 2 is 2.19 bits per heavy atom. The average molecular weight is 304 g/mol. The fourth-order valence-corrected chi connectivity index (χ4v) is 3.66. The molecule has 0 saturated carbocycles. The highest BCUT2D eigenvalue weighted by atomic mass is 32.1. The van der Waals surface area contributed by atoms with E-state index >= 15 is 0 Å². The van der Waals surface area contributed by atoms with Crippen LogP contribution in [-0.2, 0) is 7.05 Å². The van der Waals surface area contributed by atoms with Gasteiger partial charge in [0.1, 0.15) is 5.82 Å². The number of carbonyl (C=O) groups excluding carboxylic acids is 1. The van der Waals surface area contributed by atoms with Gasteiger partial charge >= 0.3 is 0 Å². The summed E-state index contributed by atoms with van der Waals surface area (Å²) in [5.41, 5.74) is 1.07. The van der Waals surface area contributed by atoms with Crippen molar-refractivity contribution in [3.8, 4) is 0 Å². The van der Waals surface area contributed by atoms with Gasteiger partial charge in [-0.15, -0.1) is 11.3 Å². The molecule has 1 aliphatic rings. The SMILES string of the molecule is Cc1ccsc1C(=O)N1CCN(C)C(c2nccn2C)C1. The van der Waals surface area contributed by atoms with E-state index in [1.54, 1.807) is 0 Å². The van der Waals surface area contributed by atoms with Crippen LogP contribution in [0.25, 0.3) is 0 Å². The second-order valence-corrected chi connectivity index (χ2v) is 6.49. The molecule has 1 fully saturated rings. The van der Waals surface area contributed by atoms with Crippen molar-refractivity contribution in [2.24, 2.45) is 7.05 Å². The topological polar surface area (TPSA) is 41.4 Å². The molecule has 1 saturated heterocycles. The number of thiophene rings is 1. The quantitative estimate of drug-likeness (QED) is 0.851. The van der Waals surface area contributed by atoms with Crippen molar-refractivity contribution in [3.05, 3.63) is 40.1 Å². The van der Waals surface area contributed by atoms with Crippen molar-refractivity contribution >= 4 is 17.2 Å². The van der Waals surface area contributed by atoms with E-state index in [1.165, 1.54) is 11.3 Å². The molecule has 0 aromatic carbocycles. The Labute approximate surface area is 128 Å². The molecular weight excluding hydrogens is 284 g/mol. The minimum Gasteiger partial charge on any atom is -0.337 e. The van der Waals surface area contributed by atoms with E-state index in [1.807, 2.05) is 47.3 Å². The van der Waals surface area contributed by atoms with Crippen molar-refractivity contribution in [2.45, 2.75) is 13.0 Å². The molecule has 1 atom stereocenters. The number of hydrogen-bond donors (Lipinski definition) is 0. The Hall–Kier alpha value is -1.66. The minimum absolute atomic E-state index is 0.148. The number of aromatic nitrogens is 2. The molecule has 3 heterocycles. The van der Waals surface area contributed by atoms with Crippen molar-refractivity contribution in [3.63, 3.8) is 0 Å². The third-order valence-corrected chi connectivity index (χ3v) is 5.15. The summed E-state index contributed by atoms with van der Waals surface area (Å²) in [7, 11) is 4.10. The molecule has 2 aromatic rings. The van der Waals surface area contributed by atoms with Crippen LogP contribution in [-0.4, -0.2) is 51.9 Å². The van der Waals surface area contributed by atoms with Crippen molar-refractivity contribution in [1.29, 1.82) is 0 Å². The van der Waals surface area contributed by atoms with Gasteiger partial charge < -0.3 is 9.47 Å². The molecule has 1 amide bonds. The van der Waals surface area contributed by atoms with Crippen LogP contribution in [0.5, 0.6) is 0 Å². The minimum atomic E-state index is 0.148. The number of imidazole rings is 1. The highest BCUT2D eigenvalue weighted by molar-refractivity contribution is 7.12. The predicted molar refractivity (Wildman–Crippen MR) is 83.5 cm³/mol. The molecule has 0 N–H and O–H groups in total. The molecule has 3 rings (SSSR count). The predicted octanol–water partition coefficient (Wildman–Crippen LogP) is 1.92. The molecule has 0 aliphatic carbocycles. The summed E-state index contributed by atoms with van der Waals surface area (Å²) in [5.74, 6) is 1.16. The maximum atomic E-state index is 12.7. The smallest absolute Gasteiger partial charge is 0.264 e. The largest absolute Gasteiger partial charge is 0.337 e. The molecule has 1 aliphatic heterocycles. The maximum absolute atomic E-state index is 12.7. The summed E-state index contributed by atoms with van der Waals surface area (Å²) in [6.45, 7) is 4.33. The van der Waals surface area contributed by atoms with Gasteiger partial charge in [-0.1, -0.05) is 0 Å². The Balaban J connectivity index is 1.82. The Morgan fingerprint density at radius 3 is 2.81 bits per heavy atom. The van der Waals surface area contributed by atoms with Crippen LogP contribution in [0.1, 0.15) is 27.1 Å². The van der Waals surface area contributed by atoms with Gasteiger partial charge in [0, 0.05) is 39.1 Å². The molecule has 0 spiro atoms. The van der Waals surface area contributed by atoms with Crippen LogP contribution >= 0.6 is 11.3 Å². The lowest BCUT2D eigenvalue weighted by Gasteiger charge is -2.38. The molecule has 0 bridgehead atoms. The van der Waals surface area contributed by atoms with E-state index < -0.39 is 0 Å². The average Bonchev–Trinajstić information content (AvgIpc) is 3.07. The fraction of sp³-hybridized carbons (Fsp3) is 0.467. The standard InChI is InChI=1S/C15H20N4OS/c1-11-4-9-21-13(11)15(20)19-8-7-17(2)12(10-19)14-16-5-6-18(14)3/h4-6,9,12H,7-8,10H2,1-3H3. The zero-order chi connectivity index (χ0) is 15.0. The van der Waals surface area contributed by atoms with Gasteiger partial charge in [-0.05, 0) is 31.0 Å². The normalized spacial score (nSPS) is 20.0. The summed E-state index contributed by atoms with van der Waals surface area (Å²) in [6.07, 6.45) is 3.76. The van der Waals surface area contributed by atoms with Crippen LogP contribution in [0.4, 0.5) is 0 Å². The lowest BCUT2D eigenvalue weighted by Crippen LogP contribution is -2.49. The van der Waals surface area contributed by atoms with Gasteiger partial charge in [-0.25, -0.2) is 4.98 Å². The fourth-order valence-electron chi connectivity index (χ4n) is 2.77. The first-order valence-electron chi connectivity index (χ1n) is 7.08. The zero-order valence-corrected chi connectivity index (χ0v) is 13.4. The van der Waals surface area contributed by atoms with Crippen LogP contribution in [0.15, 0.2) is 23.8 Å². The Kier molecular flexibility index (Phi) is 3.82. The van der Waals surface area contributed by atoms with E-state index in [0.717, 1.165) is 29.4 Å². The third-order valence-electron chi connectivity index (χ3n) is 4.15. The number of rotatable bonds is 2. The van der Waals surface area contributed by atoms with Gasteiger partial charge in [0.2, 0.25) is 0 Å². The highest BCUT2D eigenvalue weighted by Crippen LogP contribution is 2.25. The maximum Gasteiger partial charge on any atom is 0.264 e. The first-order chi connectivity index (χ1) is 10.1. The zero-order valence-electron chi connectivity index (χ0n) is 12.6. The first kappa shape index (κ1) is 14.3. The van der Waals surface area contributed by atoms with Crippen LogP contribution in [0.2, 0.25) is 0 Å². The summed E-state index contributed by atoms with van der Waals surface area (Å²) in [5, 5.41) is 1.98. The van der Waals surface area contributed by atoms with Crippen molar-refractivity contribution < 1.29 is 4.79 Å². The second kappa shape index (κ2) is 5.61. The van der Waals surface area contributed by atoms with E-state index in [4.69, 9.17) is 0 Å². The van der Waals surface area contributed by atoms with Gasteiger partial charge in [-0.3, -0.25) is 9.69 Å². The number of hydrogen-bond acceptors (Lipinski definition) is 4. The number of nitrogens with zero attached hydrogens (tertiary/aromatic N) is 4. The third kappa shape index (κ3) is 2.61. The molecule has 112 valence electrons. The van der Waals surface area contributed by atoms with Gasteiger partial charge in [0.15, 0.2) is 0 Å². The monoisotopic (exact) mass is 304 g/mol. The lowest BCUT2D eigenvalue weighted by molar-refractivity contribution is 0.0532. The number of amides is 1. The number of carbonyl (C=O) groups is 1. The van der Waals surface area contributed by atoms with Crippen molar-refractivity contribution in [1.82, 2.24) is 19.4 Å². The highest BCUT2D eigenvalue weighted by Gasteiger charge is 2.31. The summed E-state index contributed by atoms with van der Waals surface area (Å²) in [6, 6.07) is 2.16. The van der Waals surface area contributed by atoms with Gasteiger partial charge in [-0.2, -0.15) is 0 Å². The van der Waals surface area contributed by atoms with Gasteiger partial charge in [0.25, 0.3) is 5.91 Å². The Bertz CT molecular complexity index is 648. The summed E-state index contributed by atoms with van der Waals surface area (Å²) >= 11 is 1.53. The van der Waals surface area contributed by atoms with Crippen LogP contribution in [0, 0.1) is 6.92 Å². The lowest BCUT2D eigenvalue weighted by atomic mass is 10.1. The van der Waals surface area contributed by atoms with E-state index in [-0.39, 0.29) is 11.9 Å². The molecule has 0 radical (unpaired) electrons. The molecule has 21 heavy (non-hydrogen) atoms. The molecule has 5 nitrogen and oxygen atoms in total. The summed E-state index contributed by atoms with van der Waals surface area (Å²) in [4.78, 5) is 22.2. The first-order valence-corrected chi connectivity index (χ1v) is 7.96. The van der Waals surface area contributed by atoms with E-state index in [2.05, 4.69) is 16.9 Å². The number of likely N-dealkylation sites (N-methyl/N-ethyl adjacent to an activating group) is 1. The van der Waals surface area contributed by atoms with Crippen molar-refractivity contribution in [2.75, 3.05) is 26.7 Å². The molecule has 1 unspecified atom stereocenters. The van der Waals surface area contributed by atoms with E-state index in [9.17, 15) is 4.79 Å². The second-order valence-electron chi connectivity index (χ2n) is 5.58. The Morgan fingerprint density at radius 1 is 1.38 bits per heavy atom. The van der Waals surface area contributed by atoms with Gasteiger partial charge in [0.05, 0.1) is 10.9 Å².